The monoisotopic (exact) mass is 404 g/mol. The molecule has 25 heavy (non-hydrogen) atoms. The molecule has 1 aromatic heterocycles. The highest BCUT2D eigenvalue weighted by molar-refractivity contribution is 6.42. The molecule has 0 aliphatic heterocycles. The van der Waals surface area contributed by atoms with Crippen LogP contribution in [-0.2, 0) is 14.3 Å². The number of hydrogen-bond acceptors (Lipinski definition) is 5. The van der Waals surface area contributed by atoms with E-state index in [4.69, 9.17) is 44.0 Å². The first-order valence-electron chi connectivity index (χ1n) is 6.78. The van der Waals surface area contributed by atoms with Gasteiger partial charge in [-0.1, -0.05) is 34.8 Å². The van der Waals surface area contributed by atoms with Crippen LogP contribution in [0.1, 0.15) is 10.6 Å². The van der Waals surface area contributed by atoms with Crippen molar-refractivity contribution in [1.82, 2.24) is 5.32 Å². The van der Waals surface area contributed by atoms with Gasteiger partial charge in [0.25, 0.3) is 11.8 Å². The molecule has 0 aliphatic carbocycles. The maximum Gasteiger partial charge on any atom is 0.325 e. The van der Waals surface area contributed by atoms with Gasteiger partial charge >= 0.3 is 5.97 Å². The van der Waals surface area contributed by atoms with Gasteiger partial charge < -0.3 is 19.8 Å². The van der Waals surface area contributed by atoms with Crippen LogP contribution in [0.2, 0.25) is 15.1 Å². The van der Waals surface area contributed by atoms with Crippen molar-refractivity contribution in [2.24, 2.45) is 0 Å². The van der Waals surface area contributed by atoms with Crippen LogP contribution in [0.3, 0.4) is 0 Å². The Labute approximate surface area is 157 Å². The van der Waals surface area contributed by atoms with Gasteiger partial charge in [-0.15, -0.1) is 0 Å². The van der Waals surface area contributed by atoms with Crippen LogP contribution in [0.15, 0.2) is 34.9 Å². The SMILES string of the molecule is O=C(COC(=O)CNC(=O)c1ccco1)Nc1c(Cl)cc(Cl)cc1Cl. The Kier molecular flexibility index (Phi) is 6.69. The maximum atomic E-state index is 11.8. The number of halogens is 3. The van der Waals surface area contributed by atoms with Gasteiger partial charge in [0.05, 0.1) is 22.0 Å². The molecule has 7 nitrogen and oxygen atoms in total. The molecule has 0 fully saturated rings. The Morgan fingerprint density at radius 1 is 1.12 bits per heavy atom. The smallest absolute Gasteiger partial charge is 0.325 e. The molecule has 0 unspecified atom stereocenters. The van der Waals surface area contributed by atoms with Crippen LogP contribution in [0.5, 0.6) is 0 Å². The van der Waals surface area contributed by atoms with Crippen LogP contribution in [0.4, 0.5) is 5.69 Å². The highest BCUT2D eigenvalue weighted by Gasteiger charge is 2.14. The van der Waals surface area contributed by atoms with Gasteiger partial charge in [-0.05, 0) is 24.3 Å². The first-order chi connectivity index (χ1) is 11.9. The van der Waals surface area contributed by atoms with Crippen molar-refractivity contribution in [2.75, 3.05) is 18.5 Å². The van der Waals surface area contributed by atoms with Gasteiger partial charge in [-0.2, -0.15) is 0 Å². The van der Waals surface area contributed by atoms with Gasteiger partial charge in [0.15, 0.2) is 12.4 Å². The highest BCUT2D eigenvalue weighted by Crippen LogP contribution is 2.33. The number of amides is 2. The largest absolute Gasteiger partial charge is 0.459 e. The molecule has 10 heteroatoms. The number of nitrogens with one attached hydrogen (secondary N) is 2. The van der Waals surface area contributed by atoms with Gasteiger partial charge in [0.2, 0.25) is 0 Å². The summed E-state index contributed by atoms with van der Waals surface area (Å²) in [7, 11) is 0. The third kappa shape index (κ3) is 5.67. The van der Waals surface area contributed by atoms with E-state index in [0.29, 0.717) is 5.02 Å². The van der Waals surface area contributed by atoms with E-state index in [1.807, 2.05) is 0 Å². The molecule has 0 bridgehead atoms. The molecule has 1 heterocycles. The van der Waals surface area contributed by atoms with Crippen molar-refractivity contribution < 1.29 is 23.5 Å². The summed E-state index contributed by atoms with van der Waals surface area (Å²) in [6.07, 6.45) is 1.32. The zero-order valence-electron chi connectivity index (χ0n) is 12.5. The van der Waals surface area contributed by atoms with E-state index >= 15 is 0 Å². The second-order valence-corrected chi connectivity index (χ2v) is 5.86. The molecular weight excluding hydrogens is 395 g/mol. The molecule has 0 saturated heterocycles. The van der Waals surface area contributed by atoms with Gasteiger partial charge in [-0.25, -0.2) is 0 Å². The quantitative estimate of drug-likeness (QED) is 0.720. The van der Waals surface area contributed by atoms with E-state index in [1.54, 1.807) is 0 Å². The molecular formula is C15H11Cl3N2O5. The fourth-order valence-corrected chi connectivity index (χ4v) is 2.59. The van der Waals surface area contributed by atoms with E-state index < -0.39 is 30.9 Å². The number of rotatable bonds is 6. The number of benzene rings is 1. The molecule has 0 saturated carbocycles. The van der Waals surface area contributed by atoms with E-state index in [-0.39, 0.29) is 21.5 Å². The Balaban J connectivity index is 1.78. The summed E-state index contributed by atoms with van der Waals surface area (Å²) in [6, 6.07) is 5.78. The minimum atomic E-state index is -0.802. The average Bonchev–Trinajstić information content (AvgIpc) is 3.08. The molecule has 2 N–H and O–H groups in total. The number of carbonyl (C=O) groups is 3. The number of anilines is 1. The average molecular weight is 406 g/mol. The van der Waals surface area contributed by atoms with Crippen LogP contribution >= 0.6 is 34.8 Å². The minimum Gasteiger partial charge on any atom is -0.459 e. The Morgan fingerprint density at radius 2 is 1.80 bits per heavy atom. The summed E-state index contributed by atoms with van der Waals surface area (Å²) in [4.78, 5) is 34.9. The fraction of sp³-hybridized carbons (Fsp3) is 0.133. The summed E-state index contributed by atoms with van der Waals surface area (Å²) >= 11 is 17.6. The molecule has 2 amide bonds. The lowest BCUT2D eigenvalue weighted by Gasteiger charge is -2.10. The van der Waals surface area contributed by atoms with Crippen LogP contribution in [0, 0.1) is 0 Å². The van der Waals surface area contributed by atoms with Crippen LogP contribution in [0.25, 0.3) is 0 Å². The molecule has 0 atom stereocenters. The van der Waals surface area contributed by atoms with Gasteiger partial charge in [-0.3, -0.25) is 14.4 Å². The van der Waals surface area contributed by atoms with E-state index in [9.17, 15) is 14.4 Å². The number of ether oxygens (including phenoxy) is 1. The highest BCUT2D eigenvalue weighted by atomic mass is 35.5. The predicted molar refractivity (Wildman–Crippen MR) is 92.1 cm³/mol. The summed E-state index contributed by atoms with van der Waals surface area (Å²) in [5, 5.41) is 5.29. The molecule has 1 aromatic carbocycles. The summed E-state index contributed by atoms with van der Waals surface area (Å²) in [5.74, 6) is -1.98. The Bertz CT molecular complexity index is 769. The predicted octanol–water partition coefficient (Wildman–Crippen LogP) is 3.15. The maximum absolute atomic E-state index is 11.8. The number of furan rings is 1. The van der Waals surface area contributed by atoms with Crippen molar-refractivity contribution in [1.29, 1.82) is 0 Å². The van der Waals surface area contributed by atoms with E-state index in [2.05, 4.69) is 10.6 Å². The zero-order valence-corrected chi connectivity index (χ0v) is 14.7. The molecule has 0 aliphatic rings. The molecule has 132 valence electrons. The number of hydrogen-bond donors (Lipinski definition) is 2. The van der Waals surface area contributed by atoms with Crippen molar-refractivity contribution in [2.45, 2.75) is 0 Å². The molecule has 0 spiro atoms. The molecule has 0 radical (unpaired) electrons. The van der Waals surface area contributed by atoms with Crippen molar-refractivity contribution in [3.05, 3.63) is 51.4 Å². The third-order valence-corrected chi connectivity index (χ3v) is 3.59. The summed E-state index contributed by atoms with van der Waals surface area (Å²) < 4.78 is 9.60. The lowest BCUT2D eigenvalue weighted by atomic mass is 10.3. The zero-order chi connectivity index (χ0) is 18.4. The summed E-state index contributed by atoms with van der Waals surface area (Å²) in [6.45, 7) is -1.000. The Hall–Kier alpha value is -2.22. The lowest BCUT2D eigenvalue weighted by molar-refractivity contribution is -0.146. The fourth-order valence-electron chi connectivity index (χ4n) is 1.68. The van der Waals surface area contributed by atoms with Crippen molar-refractivity contribution in [3.63, 3.8) is 0 Å². The first kappa shape index (κ1) is 19.1. The normalized spacial score (nSPS) is 10.2. The topological polar surface area (TPSA) is 97.6 Å². The Morgan fingerprint density at radius 3 is 2.40 bits per heavy atom. The van der Waals surface area contributed by atoms with Crippen molar-refractivity contribution in [3.8, 4) is 0 Å². The summed E-state index contributed by atoms with van der Waals surface area (Å²) in [5.41, 5.74) is 0.153. The molecule has 2 rings (SSSR count). The van der Waals surface area contributed by atoms with E-state index in [0.717, 1.165) is 0 Å². The van der Waals surface area contributed by atoms with E-state index in [1.165, 1.54) is 30.5 Å². The van der Waals surface area contributed by atoms with Crippen LogP contribution in [-0.4, -0.2) is 30.9 Å². The second-order valence-electron chi connectivity index (χ2n) is 4.61. The second kappa shape index (κ2) is 8.75. The number of carbonyl (C=O) groups excluding carboxylic acids is 3. The van der Waals surface area contributed by atoms with Crippen LogP contribution < -0.4 is 10.6 Å². The van der Waals surface area contributed by atoms with Gasteiger partial charge in [0, 0.05) is 5.02 Å². The lowest BCUT2D eigenvalue weighted by Crippen LogP contribution is -2.32. The third-order valence-electron chi connectivity index (χ3n) is 2.77. The minimum absolute atomic E-state index is 0.0533. The number of esters is 1. The van der Waals surface area contributed by atoms with Gasteiger partial charge in [0.1, 0.15) is 6.54 Å². The standard InChI is InChI=1S/C15H11Cl3N2O5/c16-8-4-9(17)14(10(18)5-8)20-12(21)7-25-13(22)6-19-15(23)11-2-1-3-24-11/h1-5H,6-7H2,(H,19,23)(H,20,21). The first-order valence-corrected chi connectivity index (χ1v) is 7.92. The molecule has 2 aromatic rings. The van der Waals surface area contributed by atoms with Crippen molar-refractivity contribution >= 4 is 58.3 Å².